The molecule has 36 heavy (non-hydrogen) atoms. The number of aromatic nitrogens is 1. The van der Waals surface area contributed by atoms with Gasteiger partial charge in [0.2, 0.25) is 0 Å². The fourth-order valence-electron chi connectivity index (χ4n) is 4.90. The molecule has 0 aliphatic carbocycles. The number of nitrogens with zero attached hydrogens (tertiary/aromatic N) is 1. The fraction of sp³-hybridized carbons (Fsp3) is 0.172. The first-order chi connectivity index (χ1) is 17.4. The van der Waals surface area contributed by atoms with Crippen LogP contribution < -0.4 is 4.74 Å². The molecule has 0 radical (unpaired) electrons. The predicted octanol–water partition coefficient (Wildman–Crippen LogP) is 5.29. The molecule has 1 aromatic heterocycles. The largest absolute Gasteiger partial charge is 0.507 e. The molecular formula is C29H25FN2O4. The van der Waals surface area contributed by atoms with Crippen LogP contribution in [-0.2, 0) is 16.0 Å². The highest BCUT2D eigenvalue weighted by atomic mass is 19.1. The van der Waals surface area contributed by atoms with Crippen LogP contribution in [0.2, 0.25) is 0 Å². The number of aliphatic hydroxyl groups excluding tert-OH is 1. The summed E-state index contributed by atoms with van der Waals surface area (Å²) in [7, 11) is 1.53. The third-order valence-corrected chi connectivity index (χ3v) is 6.72. The highest BCUT2D eigenvalue weighted by Gasteiger charge is 2.45. The highest BCUT2D eigenvalue weighted by Crippen LogP contribution is 2.40. The third-order valence-electron chi connectivity index (χ3n) is 6.72. The Morgan fingerprint density at radius 3 is 2.42 bits per heavy atom. The van der Waals surface area contributed by atoms with Crippen LogP contribution in [0.15, 0.2) is 78.4 Å². The lowest BCUT2D eigenvalue weighted by Gasteiger charge is -2.25. The Balaban J connectivity index is 1.57. The molecule has 6 nitrogen and oxygen atoms in total. The van der Waals surface area contributed by atoms with Crippen LogP contribution in [0.1, 0.15) is 28.4 Å². The van der Waals surface area contributed by atoms with E-state index in [1.165, 1.54) is 36.3 Å². The summed E-state index contributed by atoms with van der Waals surface area (Å²) in [6.45, 7) is 2.22. The van der Waals surface area contributed by atoms with Crippen LogP contribution in [0.3, 0.4) is 0 Å². The number of para-hydroxylation sites is 1. The van der Waals surface area contributed by atoms with E-state index in [0.29, 0.717) is 23.3 Å². The maximum Gasteiger partial charge on any atom is 0.295 e. The number of ether oxygens (including phenoxy) is 1. The van der Waals surface area contributed by atoms with E-state index < -0.39 is 23.5 Å². The number of hydrogen-bond acceptors (Lipinski definition) is 4. The van der Waals surface area contributed by atoms with Gasteiger partial charge in [0.15, 0.2) is 0 Å². The second kappa shape index (κ2) is 9.34. The lowest BCUT2D eigenvalue weighted by atomic mass is 9.95. The summed E-state index contributed by atoms with van der Waals surface area (Å²) in [5, 5.41) is 12.2. The number of amides is 1. The Hall–Kier alpha value is -4.39. The van der Waals surface area contributed by atoms with Gasteiger partial charge in [-0.2, -0.15) is 0 Å². The predicted molar refractivity (Wildman–Crippen MR) is 135 cm³/mol. The monoisotopic (exact) mass is 484 g/mol. The molecule has 0 bridgehead atoms. The number of hydrogen-bond donors (Lipinski definition) is 2. The van der Waals surface area contributed by atoms with Crippen LogP contribution in [0.5, 0.6) is 5.75 Å². The van der Waals surface area contributed by atoms with Gasteiger partial charge in [0.05, 0.1) is 18.7 Å². The summed E-state index contributed by atoms with van der Waals surface area (Å²) < 4.78 is 18.9. The molecule has 4 aromatic rings. The number of aryl methyl sites for hydroxylation is 1. The molecule has 1 aliphatic heterocycles. The zero-order chi connectivity index (χ0) is 25.4. The highest BCUT2D eigenvalue weighted by molar-refractivity contribution is 6.46. The molecule has 2 heterocycles. The Labute approximate surface area is 207 Å². The zero-order valence-corrected chi connectivity index (χ0v) is 19.9. The van der Waals surface area contributed by atoms with Gasteiger partial charge in [-0.25, -0.2) is 4.39 Å². The van der Waals surface area contributed by atoms with E-state index in [1.807, 2.05) is 31.2 Å². The molecule has 3 aromatic carbocycles. The Bertz CT molecular complexity index is 1490. The molecule has 0 unspecified atom stereocenters. The molecule has 0 saturated carbocycles. The summed E-state index contributed by atoms with van der Waals surface area (Å²) >= 11 is 0. The minimum Gasteiger partial charge on any atom is -0.507 e. The van der Waals surface area contributed by atoms with Gasteiger partial charge < -0.3 is 19.7 Å². The molecule has 1 saturated heterocycles. The number of aromatic amines is 1. The first-order valence-electron chi connectivity index (χ1n) is 11.6. The molecule has 5 rings (SSSR count). The van der Waals surface area contributed by atoms with Gasteiger partial charge in [0.1, 0.15) is 17.3 Å². The first kappa shape index (κ1) is 23.4. The van der Waals surface area contributed by atoms with Crippen molar-refractivity contribution in [1.82, 2.24) is 9.88 Å². The molecule has 0 spiro atoms. The molecule has 2 N–H and O–H groups in total. The van der Waals surface area contributed by atoms with Gasteiger partial charge in [-0.15, -0.1) is 0 Å². The van der Waals surface area contributed by atoms with Gasteiger partial charge in [-0.3, -0.25) is 9.59 Å². The fourth-order valence-corrected chi connectivity index (χ4v) is 4.90. The Morgan fingerprint density at radius 2 is 1.72 bits per heavy atom. The van der Waals surface area contributed by atoms with Crippen LogP contribution in [0.4, 0.5) is 4.39 Å². The normalized spacial score (nSPS) is 17.2. The van der Waals surface area contributed by atoms with Crippen LogP contribution in [-0.4, -0.2) is 40.3 Å². The van der Waals surface area contributed by atoms with Crippen molar-refractivity contribution in [2.45, 2.75) is 19.4 Å². The van der Waals surface area contributed by atoms with Crippen LogP contribution in [0, 0.1) is 12.7 Å². The Kier molecular flexibility index (Phi) is 6.06. The minimum atomic E-state index is -0.849. The van der Waals surface area contributed by atoms with Gasteiger partial charge in [0, 0.05) is 28.7 Å². The average molecular weight is 485 g/mol. The number of carbonyl (C=O) groups excluding carboxylic acids is 2. The van der Waals surface area contributed by atoms with Gasteiger partial charge in [-0.1, -0.05) is 30.3 Å². The maximum absolute atomic E-state index is 13.7. The van der Waals surface area contributed by atoms with Crippen molar-refractivity contribution in [2.75, 3.05) is 13.7 Å². The summed E-state index contributed by atoms with van der Waals surface area (Å²) in [4.78, 5) is 31.3. The molecule has 1 atom stereocenters. The summed E-state index contributed by atoms with van der Waals surface area (Å²) in [5.41, 5.74) is 3.95. The van der Waals surface area contributed by atoms with E-state index in [9.17, 15) is 19.1 Å². The smallest absolute Gasteiger partial charge is 0.295 e. The number of H-pyrrole nitrogens is 1. The van der Waals surface area contributed by atoms with Gasteiger partial charge >= 0.3 is 0 Å². The van der Waals surface area contributed by atoms with E-state index in [4.69, 9.17) is 4.74 Å². The molecule has 1 amide bonds. The number of ketones is 1. The maximum atomic E-state index is 13.7. The number of benzene rings is 3. The summed E-state index contributed by atoms with van der Waals surface area (Å²) in [6, 6.07) is 19.3. The SMILES string of the molecule is COc1ccc(C(O)=C2C(=O)C(=O)N(CCc3c(C)[nH]c4ccccc34)[C@@H]2c2ccc(F)cc2)cc1. The number of halogens is 1. The molecule has 1 fully saturated rings. The first-order valence-corrected chi connectivity index (χ1v) is 11.6. The number of methoxy groups -OCH3 is 1. The van der Waals surface area contributed by atoms with E-state index in [1.54, 1.807) is 24.3 Å². The lowest BCUT2D eigenvalue weighted by Crippen LogP contribution is -2.31. The number of carbonyl (C=O) groups is 2. The van der Waals surface area contributed by atoms with Crippen molar-refractivity contribution in [2.24, 2.45) is 0 Å². The summed E-state index contributed by atoms with van der Waals surface area (Å²) in [6.07, 6.45) is 0.503. The van der Waals surface area contributed by atoms with Crippen molar-refractivity contribution in [1.29, 1.82) is 0 Å². The molecule has 1 aliphatic rings. The van der Waals surface area contributed by atoms with Crippen molar-refractivity contribution in [3.63, 3.8) is 0 Å². The topological polar surface area (TPSA) is 82.6 Å². The second-order valence-electron chi connectivity index (χ2n) is 8.80. The van der Waals surface area contributed by atoms with Crippen molar-refractivity contribution in [3.8, 4) is 5.75 Å². The molecular weight excluding hydrogens is 459 g/mol. The number of fused-ring (bicyclic) bond motifs is 1. The average Bonchev–Trinajstić information content (AvgIpc) is 3.35. The number of Topliss-reactive ketones (excluding diaryl/α,β-unsaturated/α-hetero) is 1. The minimum absolute atomic E-state index is 0.0209. The van der Waals surface area contributed by atoms with Crippen LogP contribution in [0.25, 0.3) is 16.7 Å². The van der Waals surface area contributed by atoms with Crippen molar-refractivity contribution >= 4 is 28.4 Å². The van der Waals surface area contributed by atoms with E-state index in [-0.39, 0.29) is 17.9 Å². The quantitative estimate of drug-likeness (QED) is 0.221. The van der Waals surface area contributed by atoms with E-state index in [0.717, 1.165) is 22.2 Å². The molecule has 182 valence electrons. The van der Waals surface area contributed by atoms with Crippen molar-refractivity contribution in [3.05, 3.63) is 107 Å². The Morgan fingerprint density at radius 1 is 1.03 bits per heavy atom. The second-order valence-corrected chi connectivity index (χ2v) is 8.80. The van der Waals surface area contributed by atoms with Gasteiger partial charge in [-0.05, 0) is 66.9 Å². The number of rotatable bonds is 6. The third kappa shape index (κ3) is 4.02. The standard InChI is InChI=1S/C29H25FN2O4/c1-17-22(23-5-3-4-6-24(23)31-17)15-16-32-26(18-7-11-20(30)12-8-18)25(28(34)29(32)35)27(33)19-9-13-21(36-2)14-10-19/h3-14,26,31,33H,15-16H2,1-2H3/t26-/m1/s1. The number of likely N-dealkylation sites (tertiary alicyclic amines) is 1. The van der Waals surface area contributed by atoms with E-state index in [2.05, 4.69) is 4.98 Å². The molecule has 7 heteroatoms. The van der Waals surface area contributed by atoms with Crippen molar-refractivity contribution < 1.29 is 23.8 Å². The zero-order valence-electron chi connectivity index (χ0n) is 19.9. The van der Waals surface area contributed by atoms with Gasteiger partial charge in [0.25, 0.3) is 11.7 Å². The number of nitrogens with one attached hydrogen (secondary N) is 1. The van der Waals surface area contributed by atoms with E-state index >= 15 is 0 Å². The van der Waals surface area contributed by atoms with Crippen LogP contribution >= 0.6 is 0 Å². The summed E-state index contributed by atoms with van der Waals surface area (Å²) in [5.74, 6) is -1.59. The lowest BCUT2D eigenvalue weighted by molar-refractivity contribution is -0.139. The number of aliphatic hydroxyl groups is 1.